The summed E-state index contributed by atoms with van der Waals surface area (Å²) in [4.78, 5) is 0. The number of phenols is 1. The average Bonchev–Trinajstić information content (AvgIpc) is 3.43. The number of azo groups is 2. The number of phenolic OH excluding ortho intramolecular Hbond substituents is 1. The molecule has 412 valence electrons. The molecule has 0 unspecified atom stereocenters. The minimum Gasteiger partial charge on any atom is -0.508 e. The minimum absolute atomic E-state index is 0.244. The van der Waals surface area contributed by atoms with Crippen LogP contribution in [0.15, 0.2) is 124 Å². The fourth-order valence-corrected chi connectivity index (χ4v) is 9.71. The van der Waals surface area contributed by atoms with E-state index in [2.05, 4.69) is 46.4 Å². The van der Waals surface area contributed by atoms with Crippen LogP contribution < -0.4 is 4.74 Å². The van der Waals surface area contributed by atoms with Gasteiger partial charge in [-0.1, -0.05) is 288 Å². The van der Waals surface area contributed by atoms with Crippen molar-refractivity contribution in [2.45, 2.75) is 277 Å². The number of unbranched alkanes of at least 4 members (excludes halogenated alkanes) is 38. The zero-order valence-electron chi connectivity index (χ0n) is 47.7. The quantitative estimate of drug-likeness (QED) is 0.0353. The SMILES string of the molecule is CCCCCCCCCCCCCCCCCCCCCCOc1ccc(N=Nc2ccccc2)cc1.CCCCCCCCCCCCCCCCCCCCCCc1ccc(N=Nc2ccc(O)cc2)cc1. The molecule has 74 heavy (non-hydrogen) atoms. The molecule has 0 spiro atoms. The van der Waals surface area contributed by atoms with Gasteiger partial charge in [-0.2, -0.15) is 20.5 Å². The van der Waals surface area contributed by atoms with Crippen LogP contribution in [-0.2, 0) is 6.42 Å². The number of nitrogens with zero attached hydrogens (tertiary/aromatic N) is 4. The molecule has 0 aliphatic heterocycles. The smallest absolute Gasteiger partial charge is 0.119 e. The molecule has 0 bridgehead atoms. The predicted octanol–water partition coefficient (Wildman–Crippen LogP) is 24.5. The van der Waals surface area contributed by atoms with Crippen LogP contribution in [0.5, 0.6) is 11.5 Å². The van der Waals surface area contributed by atoms with Gasteiger partial charge in [-0.25, -0.2) is 0 Å². The highest BCUT2D eigenvalue weighted by Crippen LogP contribution is 2.24. The van der Waals surface area contributed by atoms with Crippen molar-refractivity contribution in [3.8, 4) is 11.5 Å². The molecule has 0 aromatic heterocycles. The van der Waals surface area contributed by atoms with Gasteiger partial charge in [0.2, 0.25) is 0 Å². The summed E-state index contributed by atoms with van der Waals surface area (Å²) in [5, 5.41) is 26.4. The van der Waals surface area contributed by atoms with Crippen LogP contribution in [0, 0.1) is 0 Å². The van der Waals surface area contributed by atoms with Crippen LogP contribution in [0.4, 0.5) is 22.7 Å². The predicted molar refractivity (Wildman–Crippen MR) is 321 cm³/mol. The lowest BCUT2D eigenvalue weighted by atomic mass is 10.0. The van der Waals surface area contributed by atoms with E-state index < -0.39 is 0 Å². The first-order chi connectivity index (χ1) is 36.7. The van der Waals surface area contributed by atoms with Crippen LogP contribution in [-0.4, -0.2) is 11.7 Å². The number of aryl methyl sites for hydroxylation is 1. The Balaban J connectivity index is 0.000000390. The molecule has 0 amide bonds. The van der Waals surface area contributed by atoms with Gasteiger partial charge in [0.1, 0.15) is 11.5 Å². The summed E-state index contributed by atoms with van der Waals surface area (Å²) in [5.41, 5.74) is 4.69. The first-order valence-corrected chi connectivity index (χ1v) is 31.2. The summed E-state index contributed by atoms with van der Waals surface area (Å²) in [5.74, 6) is 1.16. The maximum absolute atomic E-state index is 9.33. The van der Waals surface area contributed by atoms with E-state index in [1.807, 2.05) is 66.7 Å². The second-order valence-corrected chi connectivity index (χ2v) is 21.4. The Morgan fingerprint density at radius 3 is 0.892 bits per heavy atom. The van der Waals surface area contributed by atoms with Gasteiger partial charge in [-0.3, -0.25) is 0 Å². The number of rotatable bonds is 47. The normalized spacial score (nSPS) is 11.4. The molecule has 0 aliphatic carbocycles. The Hall–Kier alpha value is -4.32. The zero-order chi connectivity index (χ0) is 52.3. The highest BCUT2D eigenvalue weighted by Gasteiger charge is 2.01. The highest BCUT2D eigenvalue weighted by molar-refractivity contribution is 5.44. The van der Waals surface area contributed by atoms with Crippen molar-refractivity contribution >= 4 is 22.7 Å². The third-order valence-corrected chi connectivity index (χ3v) is 14.5. The van der Waals surface area contributed by atoms with Gasteiger partial charge in [-0.15, -0.1) is 0 Å². The number of aromatic hydroxyl groups is 1. The molecule has 4 rings (SSSR count). The maximum Gasteiger partial charge on any atom is 0.119 e. The third-order valence-electron chi connectivity index (χ3n) is 14.5. The van der Waals surface area contributed by atoms with E-state index >= 15 is 0 Å². The summed E-state index contributed by atoms with van der Waals surface area (Å²) in [6.45, 7) is 5.39. The van der Waals surface area contributed by atoms with E-state index in [1.165, 1.54) is 256 Å². The number of hydrogen-bond acceptors (Lipinski definition) is 6. The molecule has 0 radical (unpaired) electrons. The molecule has 6 heteroatoms. The van der Waals surface area contributed by atoms with Gasteiger partial charge in [0.25, 0.3) is 0 Å². The summed E-state index contributed by atoms with van der Waals surface area (Å²) in [6, 6.07) is 32.8. The summed E-state index contributed by atoms with van der Waals surface area (Å²) >= 11 is 0. The molecule has 6 nitrogen and oxygen atoms in total. The van der Waals surface area contributed by atoms with Crippen LogP contribution in [0.3, 0.4) is 0 Å². The topological polar surface area (TPSA) is 78.9 Å². The van der Waals surface area contributed by atoms with E-state index in [4.69, 9.17) is 4.74 Å². The Bertz CT molecular complexity index is 1840. The lowest BCUT2D eigenvalue weighted by Crippen LogP contribution is -1.96. The van der Waals surface area contributed by atoms with E-state index in [0.717, 1.165) is 47.9 Å². The fraction of sp³-hybridized carbons (Fsp3) is 0.647. The van der Waals surface area contributed by atoms with Gasteiger partial charge < -0.3 is 9.84 Å². The summed E-state index contributed by atoms with van der Waals surface area (Å²) in [6.07, 6.45) is 57.8. The van der Waals surface area contributed by atoms with Crippen LogP contribution in [0.1, 0.15) is 276 Å². The van der Waals surface area contributed by atoms with Gasteiger partial charge in [-0.05, 0) is 97.6 Å². The van der Waals surface area contributed by atoms with Crippen molar-refractivity contribution in [3.05, 3.63) is 109 Å². The molecule has 1 N–H and O–H groups in total. The Morgan fingerprint density at radius 1 is 0.284 bits per heavy atom. The molecule has 0 saturated carbocycles. The van der Waals surface area contributed by atoms with Gasteiger partial charge >= 0.3 is 0 Å². The first kappa shape index (κ1) is 64.0. The van der Waals surface area contributed by atoms with E-state index in [-0.39, 0.29) is 5.75 Å². The second-order valence-electron chi connectivity index (χ2n) is 21.4. The number of benzene rings is 4. The van der Waals surface area contributed by atoms with E-state index in [9.17, 15) is 5.11 Å². The van der Waals surface area contributed by atoms with Gasteiger partial charge in [0.15, 0.2) is 0 Å². The van der Waals surface area contributed by atoms with Crippen LogP contribution in [0.25, 0.3) is 0 Å². The maximum atomic E-state index is 9.33. The second kappa shape index (κ2) is 48.3. The van der Waals surface area contributed by atoms with Crippen molar-refractivity contribution in [1.29, 1.82) is 0 Å². The third kappa shape index (κ3) is 38.3. The zero-order valence-corrected chi connectivity index (χ0v) is 47.7. The van der Waals surface area contributed by atoms with Crippen molar-refractivity contribution in [2.75, 3.05) is 6.61 Å². The molecule has 4 aromatic rings. The van der Waals surface area contributed by atoms with Crippen LogP contribution >= 0.6 is 0 Å². The van der Waals surface area contributed by atoms with Crippen molar-refractivity contribution in [3.63, 3.8) is 0 Å². The molecule has 0 heterocycles. The summed E-state index contributed by atoms with van der Waals surface area (Å²) in [7, 11) is 0. The summed E-state index contributed by atoms with van der Waals surface area (Å²) < 4.78 is 5.89. The molecular formula is C68H108N4O2. The Kier molecular flexibility index (Phi) is 41.8. The monoisotopic (exact) mass is 1010 g/mol. The molecule has 0 fully saturated rings. The lowest BCUT2D eigenvalue weighted by molar-refractivity contribution is 0.304. The number of ether oxygens (including phenoxy) is 1. The van der Waals surface area contributed by atoms with E-state index in [0.29, 0.717) is 0 Å². The lowest BCUT2D eigenvalue weighted by Gasteiger charge is -2.06. The molecule has 0 atom stereocenters. The standard InChI is InChI=1S/2C34H54N2O/c1-2-3-4-5-6-7-8-9-10-11-12-13-14-15-16-17-18-19-20-24-31-37-34-29-27-33(28-30-34)36-35-32-25-22-21-23-26-32;1-2-3-4-5-6-7-8-9-10-11-12-13-14-15-16-17-18-19-20-21-22-31-23-25-32(26-24-31)35-36-33-27-29-34(37)30-28-33/h21-23,25-30H,2-20,24,31H2,1H3;23-30,37H,2-22H2,1H3. The average molecular weight is 1010 g/mol. The Morgan fingerprint density at radius 2 is 0.554 bits per heavy atom. The molecular weight excluding hydrogens is 905 g/mol. The van der Waals surface area contributed by atoms with E-state index in [1.54, 1.807) is 24.3 Å². The van der Waals surface area contributed by atoms with Crippen molar-refractivity contribution in [1.82, 2.24) is 0 Å². The minimum atomic E-state index is 0.244. The van der Waals surface area contributed by atoms with Crippen LogP contribution in [0.2, 0.25) is 0 Å². The highest BCUT2D eigenvalue weighted by atomic mass is 16.5. The fourth-order valence-electron chi connectivity index (χ4n) is 9.71. The number of hydrogen-bond donors (Lipinski definition) is 1. The van der Waals surface area contributed by atoms with Crippen molar-refractivity contribution in [2.24, 2.45) is 20.5 Å². The van der Waals surface area contributed by atoms with Crippen molar-refractivity contribution < 1.29 is 9.84 Å². The Labute approximate surface area is 454 Å². The molecule has 0 aliphatic rings. The van der Waals surface area contributed by atoms with Gasteiger partial charge in [0.05, 0.1) is 29.4 Å². The van der Waals surface area contributed by atoms with Gasteiger partial charge in [0, 0.05) is 0 Å². The molecule has 0 saturated heterocycles. The largest absolute Gasteiger partial charge is 0.508 e. The molecule has 4 aromatic carbocycles. The first-order valence-electron chi connectivity index (χ1n) is 31.2.